The van der Waals surface area contributed by atoms with Gasteiger partial charge >= 0.3 is 6.09 Å². The fraction of sp³-hybridized carbons (Fsp3) is 0.273. The number of aromatic nitrogens is 2. The standard InChI is InChI=1S/C22H20FN3O2/c23-16-8-10-17(11-9-16)26-21(28-22(27)25-13-3-4-14-25)20-18-6-2-1-5-15(18)7-12-19(20)24-26/h1-2,5-6,8-11H,3-4,7,12-14H2. The minimum absolute atomic E-state index is 0.318. The number of amides is 1. The van der Waals surface area contributed by atoms with E-state index in [-0.39, 0.29) is 11.9 Å². The molecule has 28 heavy (non-hydrogen) atoms. The number of likely N-dealkylation sites (tertiary alicyclic amines) is 1. The number of aryl methyl sites for hydroxylation is 2. The highest BCUT2D eigenvalue weighted by Gasteiger charge is 2.30. The summed E-state index contributed by atoms with van der Waals surface area (Å²) in [7, 11) is 0. The largest absolute Gasteiger partial charge is 0.416 e. The molecule has 2 aliphatic rings. The maximum absolute atomic E-state index is 13.4. The van der Waals surface area contributed by atoms with Gasteiger partial charge in [0.2, 0.25) is 5.88 Å². The first-order chi connectivity index (χ1) is 13.7. The number of fused-ring (bicyclic) bond motifs is 3. The van der Waals surface area contributed by atoms with E-state index in [1.54, 1.807) is 21.7 Å². The van der Waals surface area contributed by atoms with Crippen molar-refractivity contribution in [3.63, 3.8) is 0 Å². The molecule has 5 nitrogen and oxygen atoms in total. The van der Waals surface area contributed by atoms with Gasteiger partial charge in [-0.3, -0.25) is 0 Å². The molecule has 1 aromatic heterocycles. The van der Waals surface area contributed by atoms with Gasteiger partial charge in [0.15, 0.2) is 0 Å². The first-order valence-corrected chi connectivity index (χ1v) is 9.63. The number of hydrogen-bond donors (Lipinski definition) is 0. The van der Waals surface area contributed by atoms with Crippen LogP contribution in [0.15, 0.2) is 48.5 Å². The Hall–Kier alpha value is -3.15. The Labute approximate surface area is 162 Å². The molecule has 1 aliphatic carbocycles. The highest BCUT2D eigenvalue weighted by Crippen LogP contribution is 2.41. The normalized spacial score (nSPS) is 15.2. The molecule has 5 rings (SSSR count). The van der Waals surface area contributed by atoms with Crippen LogP contribution in [0.1, 0.15) is 24.1 Å². The van der Waals surface area contributed by atoms with Crippen LogP contribution in [0.4, 0.5) is 9.18 Å². The number of carbonyl (C=O) groups excluding carboxylic acids is 1. The van der Waals surface area contributed by atoms with E-state index in [1.165, 1.54) is 17.7 Å². The van der Waals surface area contributed by atoms with E-state index in [1.807, 2.05) is 18.2 Å². The van der Waals surface area contributed by atoms with Gasteiger partial charge in [0.05, 0.1) is 16.9 Å². The van der Waals surface area contributed by atoms with Crippen molar-refractivity contribution in [1.82, 2.24) is 14.7 Å². The molecular formula is C22H20FN3O2. The molecule has 0 saturated carbocycles. The molecule has 1 fully saturated rings. The van der Waals surface area contributed by atoms with Crippen LogP contribution in [0.5, 0.6) is 5.88 Å². The van der Waals surface area contributed by atoms with E-state index in [2.05, 4.69) is 6.07 Å². The Balaban J connectivity index is 1.64. The number of benzene rings is 2. The lowest BCUT2D eigenvalue weighted by Gasteiger charge is -2.19. The summed E-state index contributed by atoms with van der Waals surface area (Å²) in [4.78, 5) is 14.5. The second-order valence-corrected chi connectivity index (χ2v) is 7.23. The highest BCUT2D eigenvalue weighted by atomic mass is 19.1. The SMILES string of the molecule is O=C(Oc1c2c(nn1-c1ccc(F)cc1)CCc1ccccc1-2)N1CCCC1. The molecule has 0 N–H and O–H groups in total. The van der Waals surface area contributed by atoms with Crippen LogP contribution in [0.2, 0.25) is 0 Å². The molecule has 0 unspecified atom stereocenters. The lowest BCUT2D eigenvalue weighted by molar-refractivity contribution is 0.160. The third-order valence-electron chi connectivity index (χ3n) is 5.45. The van der Waals surface area contributed by atoms with E-state index in [0.29, 0.717) is 24.7 Å². The lowest BCUT2D eigenvalue weighted by atomic mass is 9.90. The molecular weight excluding hydrogens is 357 g/mol. The number of carbonyl (C=O) groups is 1. The van der Waals surface area contributed by atoms with Gasteiger partial charge in [0.25, 0.3) is 0 Å². The Morgan fingerprint density at radius 2 is 1.75 bits per heavy atom. The van der Waals surface area contributed by atoms with Crippen LogP contribution in [0.25, 0.3) is 16.8 Å². The monoisotopic (exact) mass is 377 g/mol. The summed E-state index contributed by atoms with van der Waals surface area (Å²) in [5.41, 5.74) is 4.68. The maximum atomic E-state index is 13.4. The van der Waals surface area contributed by atoms with Crippen molar-refractivity contribution in [2.45, 2.75) is 25.7 Å². The second kappa shape index (κ2) is 6.78. The average Bonchev–Trinajstić information content (AvgIpc) is 3.37. The summed E-state index contributed by atoms with van der Waals surface area (Å²) in [6.07, 6.45) is 3.30. The third kappa shape index (κ3) is 2.85. The zero-order chi connectivity index (χ0) is 19.1. The molecule has 1 saturated heterocycles. The minimum atomic E-state index is -0.355. The van der Waals surface area contributed by atoms with Crippen LogP contribution < -0.4 is 4.74 Å². The summed E-state index contributed by atoms with van der Waals surface area (Å²) in [5.74, 6) is 0.0901. The maximum Gasteiger partial charge on any atom is 0.416 e. The lowest BCUT2D eigenvalue weighted by Crippen LogP contribution is -2.31. The summed E-state index contributed by atoms with van der Waals surface area (Å²) >= 11 is 0. The van der Waals surface area contributed by atoms with Gasteiger partial charge in [0, 0.05) is 13.1 Å². The Bertz CT molecular complexity index is 1040. The average molecular weight is 377 g/mol. The minimum Gasteiger partial charge on any atom is -0.390 e. The van der Waals surface area contributed by atoms with E-state index in [9.17, 15) is 9.18 Å². The number of rotatable bonds is 2. The van der Waals surface area contributed by atoms with Gasteiger partial charge in [-0.2, -0.15) is 9.78 Å². The first kappa shape index (κ1) is 17.0. The summed E-state index contributed by atoms with van der Waals surface area (Å²) in [6.45, 7) is 1.42. The molecule has 0 radical (unpaired) electrons. The van der Waals surface area contributed by atoms with Crippen LogP contribution >= 0.6 is 0 Å². The molecule has 2 aromatic carbocycles. The second-order valence-electron chi connectivity index (χ2n) is 7.23. The molecule has 1 aliphatic heterocycles. The van der Waals surface area contributed by atoms with Crippen molar-refractivity contribution in [2.75, 3.05) is 13.1 Å². The zero-order valence-electron chi connectivity index (χ0n) is 15.4. The first-order valence-electron chi connectivity index (χ1n) is 9.63. The van der Waals surface area contributed by atoms with Crippen molar-refractivity contribution < 1.29 is 13.9 Å². The van der Waals surface area contributed by atoms with Gasteiger partial charge in [-0.1, -0.05) is 24.3 Å². The molecule has 0 bridgehead atoms. The fourth-order valence-electron chi connectivity index (χ4n) is 4.02. The summed E-state index contributed by atoms with van der Waals surface area (Å²) in [5, 5.41) is 4.73. The molecule has 0 atom stereocenters. The zero-order valence-corrected chi connectivity index (χ0v) is 15.4. The quantitative estimate of drug-likeness (QED) is 0.666. The van der Waals surface area contributed by atoms with Crippen molar-refractivity contribution >= 4 is 6.09 Å². The fourth-order valence-corrected chi connectivity index (χ4v) is 4.02. The number of ether oxygens (including phenoxy) is 1. The number of hydrogen-bond acceptors (Lipinski definition) is 3. The van der Waals surface area contributed by atoms with E-state index in [4.69, 9.17) is 9.84 Å². The van der Waals surface area contributed by atoms with E-state index in [0.717, 1.165) is 42.5 Å². The van der Waals surface area contributed by atoms with Crippen LogP contribution in [-0.2, 0) is 12.8 Å². The van der Waals surface area contributed by atoms with Crippen molar-refractivity contribution in [3.8, 4) is 22.7 Å². The smallest absolute Gasteiger partial charge is 0.390 e. The Morgan fingerprint density at radius 1 is 1.00 bits per heavy atom. The highest BCUT2D eigenvalue weighted by molar-refractivity contribution is 5.81. The molecule has 142 valence electrons. The van der Waals surface area contributed by atoms with Crippen LogP contribution in [0, 0.1) is 5.82 Å². The van der Waals surface area contributed by atoms with Gasteiger partial charge < -0.3 is 9.64 Å². The molecule has 6 heteroatoms. The molecule has 3 aromatic rings. The van der Waals surface area contributed by atoms with Gasteiger partial charge in [-0.05, 0) is 61.1 Å². The van der Waals surface area contributed by atoms with Crippen molar-refractivity contribution in [2.24, 2.45) is 0 Å². The molecule has 0 spiro atoms. The van der Waals surface area contributed by atoms with Gasteiger partial charge in [-0.25, -0.2) is 9.18 Å². The van der Waals surface area contributed by atoms with Crippen molar-refractivity contribution in [1.29, 1.82) is 0 Å². The summed E-state index contributed by atoms with van der Waals surface area (Å²) in [6, 6.07) is 14.2. The van der Waals surface area contributed by atoms with E-state index < -0.39 is 0 Å². The Kier molecular flexibility index (Phi) is 4.11. The van der Waals surface area contributed by atoms with E-state index >= 15 is 0 Å². The summed E-state index contributed by atoms with van der Waals surface area (Å²) < 4.78 is 20.9. The van der Waals surface area contributed by atoms with Gasteiger partial charge in [-0.15, -0.1) is 0 Å². The topological polar surface area (TPSA) is 47.4 Å². The third-order valence-corrected chi connectivity index (χ3v) is 5.45. The van der Waals surface area contributed by atoms with Gasteiger partial charge in [0.1, 0.15) is 5.82 Å². The predicted octanol–water partition coefficient (Wildman–Crippen LogP) is 4.37. The number of halogens is 1. The molecule has 1 amide bonds. The van der Waals surface area contributed by atoms with Crippen LogP contribution in [-0.4, -0.2) is 33.9 Å². The Morgan fingerprint density at radius 3 is 2.54 bits per heavy atom. The number of nitrogens with zero attached hydrogens (tertiary/aromatic N) is 3. The molecule has 2 heterocycles. The predicted molar refractivity (Wildman–Crippen MR) is 103 cm³/mol. The van der Waals surface area contributed by atoms with Crippen molar-refractivity contribution in [3.05, 3.63) is 65.6 Å². The van der Waals surface area contributed by atoms with Crippen LogP contribution in [0.3, 0.4) is 0 Å².